The first-order valence-corrected chi connectivity index (χ1v) is 7.64. The molecule has 0 unspecified atom stereocenters. The fourth-order valence-corrected chi connectivity index (χ4v) is 2.66. The van der Waals surface area contributed by atoms with Crippen LogP contribution < -0.4 is 5.32 Å². The monoisotopic (exact) mass is 320 g/mol. The minimum absolute atomic E-state index is 0.0786. The number of benzene rings is 1. The molecule has 22 heavy (non-hydrogen) atoms. The van der Waals surface area contributed by atoms with E-state index < -0.39 is 0 Å². The van der Waals surface area contributed by atoms with Crippen molar-refractivity contribution in [3.63, 3.8) is 0 Å². The van der Waals surface area contributed by atoms with Gasteiger partial charge >= 0.3 is 0 Å². The van der Waals surface area contributed by atoms with Crippen LogP contribution in [0, 0.1) is 0 Å². The quantitative estimate of drug-likeness (QED) is 0.479. The molecular weight excluding hydrogens is 304 g/mol. The Morgan fingerprint density at radius 2 is 2.18 bits per heavy atom. The Labute approximate surface area is 131 Å². The van der Waals surface area contributed by atoms with E-state index in [2.05, 4.69) is 15.5 Å². The number of anilines is 1. The van der Waals surface area contributed by atoms with Gasteiger partial charge in [0.15, 0.2) is 10.9 Å². The number of carbonyl (C=O) groups is 2. The van der Waals surface area contributed by atoms with Crippen molar-refractivity contribution >= 4 is 29.1 Å². The lowest BCUT2D eigenvalue weighted by Gasteiger charge is -2.07. The summed E-state index contributed by atoms with van der Waals surface area (Å²) in [6.45, 7) is 4.03. The minimum Gasteiger partial charge on any atom is -0.506 e. The van der Waals surface area contributed by atoms with Crippen molar-refractivity contribution in [2.75, 3.05) is 11.1 Å². The van der Waals surface area contributed by atoms with Gasteiger partial charge in [-0.3, -0.25) is 9.59 Å². The number of nitrogens with zero attached hydrogens (tertiary/aromatic N) is 3. The number of amides is 1. The summed E-state index contributed by atoms with van der Waals surface area (Å²) in [5.41, 5.74) is 0.636. The van der Waals surface area contributed by atoms with Gasteiger partial charge in [-0.1, -0.05) is 11.8 Å². The molecule has 0 aliphatic rings. The zero-order valence-corrected chi connectivity index (χ0v) is 13.1. The van der Waals surface area contributed by atoms with Crippen LogP contribution in [0.3, 0.4) is 0 Å². The van der Waals surface area contributed by atoms with E-state index in [1.807, 2.05) is 11.5 Å². The summed E-state index contributed by atoms with van der Waals surface area (Å²) in [5, 5.41) is 20.6. The van der Waals surface area contributed by atoms with E-state index in [0.29, 0.717) is 10.7 Å². The van der Waals surface area contributed by atoms with Gasteiger partial charge in [-0.15, -0.1) is 10.2 Å². The Morgan fingerprint density at radius 1 is 1.41 bits per heavy atom. The molecule has 1 amide bonds. The van der Waals surface area contributed by atoms with E-state index in [1.165, 1.54) is 36.9 Å². The number of aryl methyl sites for hydroxylation is 1. The van der Waals surface area contributed by atoms with Crippen LogP contribution in [0.4, 0.5) is 5.69 Å². The van der Waals surface area contributed by atoms with Gasteiger partial charge in [0.2, 0.25) is 5.91 Å². The van der Waals surface area contributed by atoms with Crippen LogP contribution in [-0.2, 0) is 11.3 Å². The highest BCUT2D eigenvalue weighted by atomic mass is 32.2. The van der Waals surface area contributed by atoms with E-state index in [0.717, 1.165) is 6.54 Å². The predicted molar refractivity (Wildman–Crippen MR) is 83.2 cm³/mol. The van der Waals surface area contributed by atoms with Gasteiger partial charge < -0.3 is 15.0 Å². The first-order valence-electron chi connectivity index (χ1n) is 6.65. The van der Waals surface area contributed by atoms with E-state index >= 15 is 0 Å². The van der Waals surface area contributed by atoms with E-state index in [9.17, 15) is 14.7 Å². The summed E-state index contributed by atoms with van der Waals surface area (Å²) in [4.78, 5) is 23.3. The maximum atomic E-state index is 12.2. The zero-order valence-electron chi connectivity index (χ0n) is 12.2. The first-order chi connectivity index (χ1) is 10.5. The fraction of sp³-hybridized carbons (Fsp3) is 0.286. The Kier molecular flexibility index (Phi) is 5.16. The van der Waals surface area contributed by atoms with Crippen molar-refractivity contribution in [2.45, 2.75) is 25.5 Å². The van der Waals surface area contributed by atoms with Crippen LogP contribution in [0.25, 0.3) is 0 Å². The van der Waals surface area contributed by atoms with Crippen LogP contribution >= 0.6 is 11.8 Å². The number of ketones is 1. The number of rotatable bonds is 6. The molecular formula is C14H16N4O3S. The van der Waals surface area contributed by atoms with Crippen LogP contribution in [0.1, 0.15) is 24.2 Å². The molecule has 2 aromatic rings. The number of nitrogens with one attached hydrogen (secondary N) is 1. The molecule has 2 N–H and O–H groups in total. The number of phenols is 1. The lowest BCUT2D eigenvalue weighted by atomic mass is 10.1. The summed E-state index contributed by atoms with van der Waals surface area (Å²) in [5.74, 6) is -0.319. The molecule has 1 aromatic heterocycles. The standard InChI is InChI=1S/C14H16N4O3S/c1-3-18-8-15-17-14(18)22-7-13(21)10-4-5-12(20)11(6-10)16-9(2)19/h4-6,8,20H,3,7H2,1-2H3,(H,16,19). The molecule has 116 valence electrons. The van der Waals surface area contributed by atoms with Crippen LogP contribution in [0.5, 0.6) is 5.75 Å². The summed E-state index contributed by atoms with van der Waals surface area (Å²) < 4.78 is 1.84. The molecule has 8 heteroatoms. The number of hydrogen-bond acceptors (Lipinski definition) is 6. The average molecular weight is 320 g/mol. The highest BCUT2D eigenvalue weighted by Crippen LogP contribution is 2.25. The Balaban J connectivity index is 2.08. The Bertz CT molecular complexity index is 699. The van der Waals surface area contributed by atoms with Crippen molar-refractivity contribution < 1.29 is 14.7 Å². The zero-order chi connectivity index (χ0) is 16.1. The number of hydrogen-bond donors (Lipinski definition) is 2. The van der Waals surface area contributed by atoms with Gasteiger partial charge in [-0.25, -0.2) is 0 Å². The third-order valence-corrected chi connectivity index (χ3v) is 3.86. The largest absolute Gasteiger partial charge is 0.506 e. The summed E-state index contributed by atoms with van der Waals surface area (Å²) >= 11 is 1.30. The number of thioether (sulfide) groups is 1. The SMILES string of the molecule is CCn1cnnc1SCC(=O)c1ccc(O)c(NC(C)=O)c1. The third kappa shape index (κ3) is 3.85. The molecule has 0 spiro atoms. The number of Topliss-reactive ketones (excluding diaryl/α,β-unsaturated/α-hetero) is 1. The van der Waals surface area contributed by atoms with Crippen LogP contribution in [0.15, 0.2) is 29.7 Å². The third-order valence-electron chi connectivity index (χ3n) is 2.88. The molecule has 0 aliphatic heterocycles. The smallest absolute Gasteiger partial charge is 0.221 e. The van der Waals surface area contributed by atoms with Gasteiger partial charge in [0.1, 0.15) is 12.1 Å². The van der Waals surface area contributed by atoms with E-state index in [1.54, 1.807) is 6.33 Å². The molecule has 0 atom stereocenters. The molecule has 1 aromatic carbocycles. The molecule has 1 heterocycles. The molecule has 0 radical (unpaired) electrons. The fourth-order valence-electron chi connectivity index (χ4n) is 1.79. The summed E-state index contributed by atoms with van der Waals surface area (Å²) in [6.07, 6.45) is 1.61. The number of aromatic nitrogens is 3. The van der Waals surface area contributed by atoms with Crippen LogP contribution in [-0.4, -0.2) is 37.3 Å². The van der Waals surface area contributed by atoms with Gasteiger partial charge in [0.25, 0.3) is 0 Å². The van der Waals surface area contributed by atoms with Crippen molar-refractivity contribution in [2.24, 2.45) is 0 Å². The average Bonchev–Trinajstić information content (AvgIpc) is 2.94. The van der Waals surface area contributed by atoms with Crippen LogP contribution in [0.2, 0.25) is 0 Å². The topological polar surface area (TPSA) is 97.1 Å². The van der Waals surface area contributed by atoms with Crippen molar-refractivity contribution in [1.29, 1.82) is 0 Å². The minimum atomic E-state index is -0.315. The summed E-state index contributed by atoms with van der Waals surface area (Å²) in [7, 11) is 0. The maximum Gasteiger partial charge on any atom is 0.221 e. The number of phenolic OH excluding ortho intramolecular Hbond substituents is 1. The number of aromatic hydroxyl groups is 1. The lowest BCUT2D eigenvalue weighted by Crippen LogP contribution is -2.08. The molecule has 0 saturated carbocycles. The molecule has 0 saturated heterocycles. The van der Waals surface area contributed by atoms with Crippen molar-refractivity contribution in [1.82, 2.24) is 14.8 Å². The molecule has 0 bridgehead atoms. The summed E-state index contributed by atoms with van der Waals surface area (Å²) in [6, 6.07) is 4.37. The number of carbonyl (C=O) groups excluding carboxylic acids is 2. The normalized spacial score (nSPS) is 10.5. The highest BCUT2D eigenvalue weighted by Gasteiger charge is 2.12. The van der Waals surface area contributed by atoms with Crippen molar-refractivity contribution in [3.05, 3.63) is 30.1 Å². The first kappa shape index (κ1) is 16.0. The molecule has 0 aliphatic carbocycles. The highest BCUT2D eigenvalue weighted by molar-refractivity contribution is 7.99. The van der Waals surface area contributed by atoms with E-state index in [-0.39, 0.29) is 28.9 Å². The second kappa shape index (κ2) is 7.08. The predicted octanol–water partition coefficient (Wildman–Crippen LogP) is 1.94. The second-order valence-electron chi connectivity index (χ2n) is 4.52. The maximum absolute atomic E-state index is 12.2. The lowest BCUT2D eigenvalue weighted by molar-refractivity contribution is -0.114. The molecule has 7 nitrogen and oxygen atoms in total. The molecule has 2 rings (SSSR count). The van der Waals surface area contributed by atoms with E-state index in [4.69, 9.17) is 0 Å². The van der Waals surface area contributed by atoms with Gasteiger partial charge in [-0.2, -0.15) is 0 Å². The Hall–Kier alpha value is -2.35. The van der Waals surface area contributed by atoms with Gasteiger partial charge in [-0.05, 0) is 25.1 Å². The molecule has 0 fully saturated rings. The van der Waals surface area contributed by atoms with Gasteiger partial charge in [0.05, 0.1) is 11.4 Å². The van der Waals surface area contributed by atoms with Crippen molar-refractivity contribution in [3.8, 4) is 5.75 Å². The van der Waals surface area contributed by atoms with Gasteiger partial charge in [0, 0.05) is 19.0 Å². The second-order valence-corrected chi connectivity index (χ2v) is 5.47. The Morgan fingerprint density at radius 3 is 2.86 bits per heavy atom.